The van der Waals surface area contributed by atoms with Crippen molar-refractivity contribution in [2.45, 2.75) is 64.5 Å². The molecule has 1 aliphatic rings. The number of rotatable bonds is 3. The largest absolute Gasteiger partial charge is 0.508 e. The van der Waals surface area contributed by atoms with E-state index in [1.165, 1.54) is 19.3 Å². The molecule has 0 aromatic heterocycles. The Bertz CT molecular complexity index is 445. The molecule has 0 aliphatic heterocycles. The first-order valence-electron chi connectivity index (χ1n) is 7.64. The number of nitrogens with two attached hydrogens (primary N) is 1. The third-order valence-electron chi connectivity index (χ3n) is 3.94. The summed E-state index contributed by atoms with van der Waals surface area (Å²) in [6.07, 6.45) is 6.12. The molecule has 1 fully saturated rings. The summed E-state index contributed by atoms with van der Waals surface area (Å²) < 4.78 is 5.87. The third-order valence-corrected chi connectivity index (χ3v) is 3.94. The molecule has 1 aromatic rings. The SMILES string of the molecule is CC(C)(C)Oc1ccc(O)c([C@H](N)C2CCCCC2)c1. The standard InChI is InChI=1S/C17H27NO2/c1-17(2,3)20-13-9-10-15(19)14(11-13)16(18)12-7-5-4-6-8-12/h9-12,16,19H,4-8,18H2,1-3H3/t16-/m1/s1. The van der Waals surface area contributed by atoms with E-state index in [0.29, 0.717) is 5.92 Å². The van der Waals surface area contributed by atoms with E-state index in [1.54, 1.807) is 12.1 Å². The average Bonchev–Trinajstić information content (AvgIpc) is 2.40. The lowest BCUT2D eigenvalue weighted by molar-refractivity contribution is 0.130. The highest BCUT2D eigenvalue weighted by atomic mass is 16.5. The molecule has 0 heterocycles. The van der Waals surface area contributed by atoms with E-state index in [4.69, 9.17) is 10.5 Å². The van der Waals surface area contributed by atoms with E-state index >= 15 is 0 Å². The molecule has 1 aliphatic carbocycles. The molecule has 0 unspecified atom stereocenters. The average molecular weight is 277 g/mol. The van der Waals surface area contributed by atoms with Crippen LogP contribution in [0.4, 0.5) is 0 Å². The van der Waals surface area contributed by atoms with Gasteiger partial charge < -0.3 is 15.6 Å². The van der Waals surface area contributed by atoms with Gasteiger partial charge in [0.2, 0.25) is 0 Å². The molecule has 1 atom stereocenters. The van der Waals surface area contributed by atoms with E-state index in [2.05, 4.69) is 0 Å². The third kappa shape index (κ3) is 3.89. The maximum atomic E-state index is 10.1. The van der Waals surface area contributed by atoms with Crippen molar-refractivity contribution in [3.63, 3.8) is 0 Å². The molecule has 20 heavy (non-hydrogen) atoms. The van der Waals surface area contributed by atoms with Crippen LogP contribution in [0.1, 0.15) is 64.5 Å². The Kier molecular flexibility index (Phi) is 4.59. The fraction of sp³-hybridized carbons (Fsp3) is 0.647. The molecule has 0 spiro atoms. The number of phenols is 1. The maximum Gasteiger partial charge on any atom is 0.120 e. The second-order valence-electron chi connectivity index (χ2n) is 6.86. The van der Waals surface area contributed by atoms with Crippen molar-refractivity contribution in [2.75, 3.05) is 0 Å². The van der Waals surface area contributed by atoms with E-state index < -0.39 is 0 Å². The second-order valence-corrected chi connectivity index (χ2v) is 6.86. The summed E-state index contributed by atoms with van der Waals surface area (Å²) in [5.41, 5.74) is 6.96. The lowest BCUT2D eigenvalue weighted by Crippen LogP contribution is -2.25. The van der Waals surface area contributed by atoms with Crippen molar-refractivity contribution < 1.29 is 9.84 Å². The first-order chi connectivity index (χ1) is 9.37. The maximum absolute atomic E-state index is 10.1. The van der Waals surface area contributed by atoms with Crippen LogP contribution in [0, 0.1) is 5.92 Å². The van der Waals surface area contributed by atoms with Crippen LogP contribution in [0.15, 0.2) is 18.2 Å². The van der Waals surface area contributed by atoms with Crippen LogP contribution in [-0.4, -0.2) is 10.7 Å². The molecule has 3 heteroatoms. The zero-order valence-electron chi connectivity index (χ0n) is 12.9. The van der Waals surface area contributed by atoms with Crippen LogP contribution >= 0.6 is 0 Å². The normalized spacial score (nSPS) is 18.8. The summed E-state index contributed by atoms with van der Waals surface area (Å²) >= 11 is 0. The minimum absolute atomic E-state index is 0.0983. The number of hydrogen-bond acceptors (Lipinski definition) is 3. The second kappa shape index (κ2) is 6.04. The van der Waals surface area contributed by atoms with E-state index in [-0.39, 0.29) is 17.4 Å². The first-order valence-corrected chi connectivity index (χ1v) is 7.64. The van der Waals surface area contributed by atoms with Gasteiger partial charge in [0, 0.05) is 11.6 Å². The number of ether oxygens (including phenoxy) is 1. The number of hydrogen-bond donors (Lipinski definition) is 2. The van der Waals surface area contributed by atoms with Crippen molar-refractivity contribution >= 4 is 0 Å². The molecule has 0 bridgehead atoms. The molecule has 0 radical (unpaired) electrons. The van der Waals surface area contributed by atoms with Crippen LogP contribution in [-0.2, 0) is 0 Å². The Morgan fingerprint density at radius 1 is 1.20 bits per heavy atom. The van der Waals surface area contributed by atoms with Gasteiger partial charge in [0.05, 0.1) is 0 Å². The van der Waals surface area contributed by atoms with Crippen LogP contribution in [0.25, 0.3) is 0 Å². The summed E-state index contributed by atoms with van der Waals surface area (Å²) in [7, 11) is 0. The molecule has 1 aromatic carbocycles. The molecular weight excluding hydrogens is 250 g/mol. The summed E-state index contributed by atoms with van der Waals surface area (Å²) in [4.78, 5) is 0. The zero-order valence-corrected chi connectivity index (χ0v) is 12.9. The van der Waals surface area contributed by atoms with Crippen molar-refractivity contribution in [3.05, 3.63) is 23.8 Å². The number of benzene rings is 1. The highest BCUT2D eigenvalue weighted by Gasteiger charge is 2.24. The Hall–Kier alpha value is -1.22. The molecule has 3 nitrogen and oxygen atoms in total. The van der Waals surface area contributed by atoms with Crippen LogP contribution in [0.2, 0.25) is 0 Å². The zero-order chi connectivity index (χ0) is 14.8. The Morgan fingerprint density at radius 3 is 2.45 bits per heavy atom. The smallest absolute Gasteiger partial charge is 0.120 e. The first kappa shape index (κ1) is 15.2. The van der Waals surface area contributed by atoms with Crippen LogP contribution in [0.5, 0.6) is 11.5 Å². The van der Waals surface area contributed by atoms with Gasteiger partial charge >= 0.3 is 0 Å². The quantitative estimate of drug-likeness (QED) is 0.872. The van der Waals surface area contributed by atoms with Gasteiger partial charge in [-0.1, -0.05) is 19.3 Å². The summed E-state index contributed by atoms with van der Waals surface area (Å²) in [5.74, 6) is 1.53. The topological polar surface area (TPSA) is 55.5 Å². The van der Waals surface area contributed by atoms with Gasteiger partial charge in [0.15, 0.2) is 0 Å². The van der Waals surface area contributed by atoms with Crippen molar-refractivity contribution in [2.24, 2.45) is 11.7 Å². The van der Waals surface area contributed by atoms with Gasteiger partial charge in [-0.15, -0.1) is 0 Å². The molecule has 112 valence electrons. The number of phenolic OH excluding ortho intramolecular Hbond substituents is 1. The van der Waals surface area contributed by atoms with E-state index in [1.807, 2.05) is 26.8 Å². The molecule has 3 N–H and O–H groups in total. The van der Waals surface area contributed by atoms with Gasteiger partial charge in [0.25, 0.3) is 0 Å². The molecule has 0 amide bonds. The van der Waals surface area contributed by atoms with Crippen LogP contribution in [0.3, 0.4) is 0 Å². The van der Waals surface area contributed by atoms with E-state index in [9.17, 15) is 5.11 Å². The minimum atomic E-state index is -0.247. The Balaban J connectivity index is 2.18. The number of aromatic hydroxyl groups is 1. The van der Waals surface area contributed by atoms with Crippen molar-refractivity contribution in [1.29, 1.82) is 0 Å². The summed E-state index contributed by atoms with van der Waals surface area (Å²) in [6.45, 7) is 6.04. The minimum Gasteiger partial charge on any atom is -0.508 e. The lowest BCUT2D eigenvalue weighted by Gasteiger charge is -2.29. The summed E-state index contributed by atoms with van der Waals surface area (Å²) in [5, 5.41) is 10.1. The van der Waals surface area contributed by atoms with Crippen molar-refractivity contribution in [3.8, 4) is 11.5 Å². The van der Waals surface area contributed by atoms with Gasteiger partial charge in [-0.2, -0.15) is 0 Å². The highest BCUT2D eigenvalue weighted by Crippen LogP contribution is 2.37. The summed E-state index contributed by atoms with van der Waals surface area (Å²) in [6, 6.07) is 5.30. The van der Waals surface area contributed by atoms with E-state index in [0.717, 1.165) is 24.2 Å². The predicted molar refractivity (Wildman–Crippen MR) is 82.0 cm³/mol. The highest BCUT2D eigenvalue weighted by molar-refractivity contribution is 5.41. The Labute approximate surface area is 122 Å². The fourth-order valence-corrected chi connectivity index (χ4v) is 2.96. The fourth-order valence-electron chi connectivity index (χ4n) is 2.96. The molecule has 0 saturated heterocycles. The van der Waals surface area contributed by atoms with Crippen LogP contribution < -0.4 is 10.5 Å². The molecule has 2 rings (SSSR count). The van der Waals surface area contributed by atoms with Gasteiger partial charge in [-0.3, -0.25) is 0 Å². The van der Waals surface area contributed by atoms with Gasteiger partial charge in [0.1, 0.15) is 17.1 Å². The van der Waals surface area contributed by atoms with Gasteiger partial charge in [-0.05, 0) is 57.7 Å². The predicted octanol–water partition coefficient (Wildman–Crippen LogP) is 4.15. The molecule has 1 saturated carbocycles. The van der Waals surface area contributed by atoms with Crippen molar-refractivity contribution in [1.82, 2.24) is 0 Å². The lowest BCUT2D eigenvalue weighted by atomic mass is 9.81. The van der Waals surface area contributed by atoms with Gasteiger partial charge in [-0.25, -0.2) is 0 Å². The Morgan fingerprint density at radius 2 is 1.85 bits per heavy atom. The molecular formula is C17H27NO2. The monoisotopic (exact) mass is 277 g/mol.